The fourth-order valence-electron chi connectivity index (χ4n) is 4.34. The standard InChI is InChI=1S/C24H24N4O3/c1-31-14-13-27-22-16-26(24(30)21-15-17-7-5-6-10-20(17)25-21)12-11-19(22)23(29)28(27)18-8-3-2-4-9-18/h2-10,15,25H,11-14,16H2,1H3. The van der Waals surface area contributed by atoms with Crippen molar-refractivity contribution in [3.8, 4) is 5.69 Å². The number of aromatic amines is 1. The Labute approximate surface area is 179 Å². The minimum absolute atomic E-state index is 0.0185. The molecule has 0 atom stereocenters. The van der Waals surface area contributed by atoms with E-state index in [1.54, 1.807) is 11.8 Å². The van der Waals surface area contributed by atoms with E-state index in [-0.39, 0.29) is 11.5 Å². The van der Waals surface area contributed by atoms with Gasteiger partial charge in [-0.2, -0.15) is 0 Å². The first-order valence-electron chi connectivity index (χ1n) is 10.4. The zero-order chi connectivity index (χ0) is 21.4. The molecule has 0 radical (unpaired) electrons. The Balaban J connectivity index is 1.52. The van der Waals surface area contributed by atoms with E-state index in [9.17, 15) is 9.59 Å². The van der Waals surface area contributed by atoms with Gasteiger partial charge < -0.3 is 14.6 Å². The van der Waals surface area contributed by atoms with Gasteiger partial charge in [0.25, 0.3) is 11.5 Å². The lowest BCUT2D eigenvalue weighted by Crippen LogP contribution is -2.37. The van der Waals surface area contributed by atoms with Crippen LogP contribution in [0.4, 0.5) is 0 Å². The molecule has 3 heterocycles. The summed E-state index contributed by atoms with van der Waals surface area (Å²) in [6.45, 7) is 1.91. The third kappa shape index (κ3) is 3.37. The molecule has 2 aromatic carbocycles. The van der Waals surface area contributed by atoms with Crippen LogP contribution in [0.15, 0.2) is 65.5 Å². The zero-order valence-electron chi connectivity index (χ0n) is 17.4. The number of hydrogen-bond acceptors (Lipinski definition) is 3. The second kappa shape index (κ2) is 7.92. The van der Waals surface area contributed by atoms with Crippen LogP contribution < -0.4 is 5.56 Å². The minimum Gasteiger partial charge on any atom is -0.383 e. The van der Waals surface area contributed by atoms with Crippen LogP contribution in [0.5, 0.6) is 0 Å². The van der Waals surface area contributed by atoms with Gasteiger partial charge in [-0.3, -0.25) is 14.3 Å². The van der Waals surface area contributed by atoms with Crippen molar-refractivity contribution in [1.29, 1.82) is 0 Å². The Morgan fingerprint density at radius 2 is 1.87 bits per heavy atom. The van der Waals surface area contributed by atoms with Crippen molar-refractivity contribution in [3.05, 3.63) is 88.0 Å². The monoisotopic (exact) mass is 416 g/mol. The van der Waals surface area contributed by atoms with E-state index in [0.29, 0.717) is 38.4 Å². The van der Waals surface area contributed by atoms with Crippen LogP contribution in [0.3, 0.4) is 0 Å². The highest BCUT2D eigenvalue weighted by atomic mass is 16.5. The number of carbonyl (C=O) groups excluding carboxylic acids is 1. The number of aromatic nitrogens is 3. The SMILES string of the molecule is COCCn1c2c(c(=O)n1-c1ccccc1)CCN(C(=O)c1cc3ccccc3[nH]1)C2. The number of benzene rings is 2. The summed E-state index contributed by atoms with van der Waals surface area (Å²) in [5.74, 6) is -0.0555. The molecule has 0 saturated heterocycles. The molecule has 158 valence electrons. The summed E-state index contributed by atoms with van der Waals surface area (Å²) in [6, 6.07) is 19.3. The fraction of sp³-hybridized carbons (Fsp3) is 0.250. The molecule has 0 fully saturated rings. The summed E-state index contributed by atoms with van der Waals surface area (Å²) in [4.78, 5) is 31.5. The number of methoxy groups -OCH3 is 1. The van der Waals surface area contributed by atoms with E-state index in [1.165, 1.54) is 0 Å². The van der Waals surface area contributed by atoms with Crippen molar-refractivity contribution in [2.45, 2.75) is 19.5 Å². The molecule has 2 aromatic heterocycles. The van der Waals surface area contributed by atoms with Gasteiger partial charge in [-0.05, 0) is 30.7 Å². The van der Waals surface area contributed by atoms with Crippen LogP contribution in [0.25, 0.3) is 16.6 Å². The van der Waals surface area contributed by atoms with Crippen molar-refractivity contribution in [1.82, 2.24) is 19.2 Å². The Morgan fingerprint density at radius 1 is 1.10 bits per heavy atom. The van der Waals surface area contributed by atoms with Gasteiger partial charge in [0, 0.05) is 30.1 Å². The van der Waals surface area contributed by atoms with Crippen molar-refractivity contribution in [2.75, 3.05) is 20.3 Å². The number of ether oxygens (including phenoxy) is 1. The predicted octanol–water partition coefficient (Wildman–Crippen LogP) is 2.97. The van der Waals surface area contributed by atoms with Crippen molar-refractivity contribution in [3.63, 3.8) is 0 Å². The van der Waals surface area contributed by atoms with Crippen LogP contribution in [0.2, 0.25) is 0 Å². The summed E-state index contributed by atoms with van der Waals surface area (Å²) in [5.41, 5.74) is 3.96. The highest BCUT2D eigenvalue weighted by Crippen LogP contribution is 2.22. The number of fused-ring (bicyclic) bond motifs is 2. The molecule has 1 amide bonds. The van der Waals surface area contributed by atoms with Crippen molar-refractivity contribution < 1.29 is 9.53 Å². The first-order chi connectivity index (χ1) is 15.2. The maximum atomic E-state index is 13.3. The van der Waals surface area contributed by atoms with Gasteiger partial charge in [-0.25, -0.2) is 4.68 Å². The number of hydrogen-bond donors (Lipinski definition) is 1. The van der Waals surface area contributed by atoms with Crippen LogP contribution in [0, 0.1) is 0 Å². The number of amides is 1. The molecule has 7 heteroatoms. The maximum absolute atomic E-state index is 13.3. The third-order valence-corrected chi connectivity index (χ3v) is 5.88. The molecule has 0 saturated carbocycles. The summed E-state index contributed by atoms with van der Waals surface area (Å²) >= 11 is 0. The van der Waals surface area contributed by atoms with E-state index in [0.717, 1.165) is 27.8 Å². The lowest BCUT2D eigenvalue weighted by molar-refractivity contribution is 0.0723. The lowest BCUT2D eigenvalue weighted by atomic mass is 10.1. The topological polar surface area (TPSA) is 72.3 Å². The summed E-state index contributed by atoms with van der Waals surface area (Å²) in [6.07, 6.45) is 0.535. The van der Waals surface area contributed by atoms with Gasteiger partial charge in [0.15, 0.2) is 0 Å². The van der Waals surface area contributed by atoms with E-state index in [2.05, 4.69) is 4.98 Å². The van der Waals surface area contributed by atoms with E-state index < -0.39 is 0 Å². The highest BCUT2D eigenvalue weighted by molar-refractivity contribution is 5.98. The average Bonchev–Trinajstić information content (AvgIpc) is 3.36. The Kier molecular flexibility index (Phi) is 4.95. The average molecular weight is 416 g/mol. The maximum Gasteiger partial charge on any atom is 0.274 e. The number of H-pyrrole nitrogens is 1. The second-order valence-corrected chi connectivity index (χ2v) is 7.74. The second-order valence-electron chi connectivity index (χ2n) is 7.74. The van der Waals surface area contributed by atoms with Crippen LogP contribution in [-0.2, 0) is 24.2 Å². The fourth-order valence-corrected chi connectivity index (χ4v) is 4.34. The smallest absolute Gasteiger partial charge is 0.274 e. The van der Waals surface area contributed by atoms with E-state index in [4.69, 9.17) is 4.74 Å². The summed E-state index contributed by atoms with van der Waals surface area (Å²) in [5, 5.41) is 1.01. The van der Waals surface area contributed by atoms with Gasteiger partial charge in [0.05, 0.1) is 31.1 Å². The molecule has 0 unspecified atom stereocenters. The largest absolute Gasteiger partial charge is 0.383 e. The Bertz CT molecular complexity index is 1270. The number of para-hydroxylation sites is 2. The first-order valence-corrected chi connectivity index (χ1v) is 10.4. The molecule has 1 aliphatic heterocycles. The summed E-state index contributed by atoms with van der Waals surface area (Å²) < 4.78 is 8.96. The van der Waals surface area contributed by atoms with Crippen molar-refractivity contribution in [2.24, 2.45) is 0 Å². The first kappa shape index (κ1) is 19.4. The molecule has 4 aromatic rings. The molecular formula is C24H24N4O3. The normalized spacial score (nSPS) is 13.5. The van der Waals surface area contributed by atoms with Gasteiger partial charge >= 0.3 is 0 Å². The Hall–Kier alpha value is -3.58. The molecular weight excluding hydrogens is 392 g/mol. The number of rotatable bonds is 5. The number of nitrogens with zero attached hydrogens (tertiary/aromatic N) is 3. The van der Waals surface area contributed by atoms with Crippen LogP contribution in [0.1, 0.15) is 21.7 Å². The van der Waals surface area contributed by atoms with Crippen LogP contribution in [-0.4, -0.2) is 45.4 Å². The summed E-state index contributed by atoms with van der Waals surface area (Å²) in [7, 11) is 1.65. The lowest BCUT2D eigenvalue weighted by Gasteiger charge is -2.27. The Morgan fingerprint density at radius 3 is 2.65 bits per heavy atom. The molecule has 0 aliphatic carbocycles. The third-order valence-electron chi connectivity index (χ3n) is 5.88. The zero-order valence-corrected chi connectivity index (χ0v) is 17.4. The number of nitrogens with one attached hydrogen (secondary N) is 1. The van der Waals surface area contributed by atoms with E-state index in [1.807, 2.05) is 70.2 Å². The molecule has 7 nitrogen and oxygen atoms in total. The molecule has 0 bridgehead atoms. The van der Waals surface area contributed by atoms with E-state index >= 15 is 0 Å². The molecule has 5 rings (SSSR count). The predicted molar refractivity (Wildman–Crippen MR) is 119 cm³/mol. The molecule has 1 aliphatic rings. The van der Waals surface area contributed by atoms with Crippen LogP contribution >= 0.6 is 0 Å². The molecule has 0 spiro atoms. The quantitative estimate of drug-likeness (QED) is 0.544. The van der Waals surface area contributed by atoms with Gasteiger partial charge in [0.1, 0.15) is 5.69 Å². The minimum atomic E-state index is -0.0555. The molecule has 1 N–H and O–H groups in total. The number of carbonyl (C=O) groups is 1. The van der Waals surface area contributed by atoms with Gasteiger partial charge in [-0.15, -0.1) is 0 Å². The van der Waals surface area contributed by atoms with Gasteiger partial charge in [-0.1, -0.05) is 36.4 Å². The van der Waals surface area contributed by atoms with Crippen molar-refractivity contribution >= 4 is 16.8 Å². The highest BCUT2D eigenvalue weighted by Gasteiger charge is 2.30. The molecule has 31 heavy (non-hydrogen) atoms. The van der Waals surface area contributed by atoms with Gasteiger partial charge in [0.2, 0.25) is 0 Å².